The summed E-state index contributed by atoms with van der Waals surface area (Å²) >= 11 is 7.55. The van der Waals surface area contributed by atoms with Crippen molar-refractivity contribution in [1.82, 2.24) is 15.1 Å². The van der Waals surface area contributed by atoms with E-state index in [0.717, 1.165) is 26.2 Å². The molecule has 5 rings (SSSR count). The highest BCUT2D eigenvalue weighted by Gasteiger charge is 2.21. The number of fused-ring (bicyclic) bond motifs is 1. The number of aromatic nitrogens is 3. The van der Waals surface area contributed by atoms with Crippen molar-refractivity contribution in [3.63, 3.8) is 0 Å². The number of nitrogens with zero attached hydrogens (tertiary/aromatic N) is 3. The molecule has 0 unspecified atom stereocenters. The van der Waals surface area contributed by atoms with E-state index in [0.29, 0.717) is 22.3 Å². The molecule has 2 aromatic carbocycles. The molecule has 0 N–H and O–H groups in total. The summed E-state index contributed by atoms with van der Waals surface area (Å²) in [5.74, 6) is 0.485. The molecule has 0 saturated carbocycles. The van der Waals surface area contributed by atoms with E-state index in [1.807, 2.05) is 36.4 Å². The van der Waals surface area contributed by atoms with Gasteiger partial charge in [0, 0.05) is 27.7 Å². The average molecular weight is 408 g/mol. The van der Waals surface area contributed by atoms with Gasteiger partial charge in [0.25, 0.3) is 5.89 Å². The summed E-state index contributed by atoms with van der Waals surface area (Å²) in [7, 11) is 0. The Morgan fingerprint density at radius 1 is 0.929 bits per heavy atom. The largest absolute Gasteiger partial charge is 0.334 e. The monoisotopic (exact) mass is 407 g/mol. The Balaban J connectivity index is 1.68. The Hall–Kier alpha value is -3.09. The molecule has 0 saturated heterocycles. The highest BCUT2D eigenvalue weighted by Crippen LogP contribution is 2.43. The van der Waals surface area contributed by atoms with Crippen LogP contribution in [0.25, 0.3) is 43.5 Å². The van der Waals surface area contributed by atoms with Crippen LogP contribution in [0, 0.1) is 5.82 Å². The molecule has 0 bridgehead atoms. The molecule has 136 valence electrons. The topological polar surface area (TPSA) is 51.8 Å². The van der Waals surface area contributed by atoms with Crippen molar-refractivity contribution >= 4 is 33.2 Å². The molecule has 28 heavy (non-hydrogen) atoms. The van der Waals surface area contributed by atoms with Gasteiger partial charge in [-0.15, -0.1) is 11.3 Å². The minimum absolute atomic E-state index is 0.316. The summed E-state index contributed by atoms with van der Waals surface area (Å²) < 4.78 is 18.6. The van der Waals surface area contributed by atoms with E-state index in [4.69, 9.17) is 16.1 Å². The fourth-order valence-corrected chi connectivity index (χ4v) is 4.24. The Morgan fingerprint density at radius 3 is 2.46 bits per heavy atom. The maximum atomic E-state index is 13.2. The SMILES string of the molecule is Fc1ccc(-c2nc(-c3sc4ncccc4c3-c3ccc(Cl)cc3)no2)cc1. The average Bonchev–Trinajstić information content (AvgIpc) is 3.34. The van der Waals surface area contributed by atoms with Gasteiger partial charge in [-0.2, -0.15) is 4.98 Å². The highest BCUT2D eigenvalue weighted by atomic mass is 35.5. The van der Waals surface area contributed by atoms with Crippen LogP contribution in [0.3, 0.4) is 0 Å². The molecule has 0 atom stereocenters. The van der Waals surface area contributed by atoms with E-state index in [1.54, 1.807) is 18.3 Å². The van der Waals surface area contributed by atoms with Gasteiger partial charge >= 0.3 is 0 Å². The molecule has 4 nitrogen and oxygen atoms in total. The second-order valence-electron chi connectivity index (χ2n) is 6.10. The predicted octanol–water partition coefficient (Wildman–Crippen LogP) is 6.47. The fourth-order valence-electron chi connectivity index (χ4n) is 3.02. The predicted molar refractivity (Wildman–Crippen MR) is 109 cm³/mol. The maximum Gasteiger partial charge on any atom is 0.258 e. The molecule has 0 fully saturated rings. The van der Waals surface area contributed by atoms with Crippen LogP contribution in [0.15, 0.2) is 71.4 Å². The molecule has 3 heterocycles. The third kappa shape index (κ3) is 2.96. The zero-order valence-electron chi connectivity index (χ0n) is 14.3. The van der Waals surface area contributed by atoms with E-state index in [2.05, 4.69) is 15.1 Å². The van der Waals surface area contributed by atoms with Crippen molar-refractivity contribution in [2.45, 2.75) is 0 Å². The van der Waals surface area contributed by atoms with E-state index in [1.165, 1.54) is 23.5 Å². The summed E-state index contributed by atoms with van der Waals surface area (Å²) in [6, 6.07) is 17.5. The van der Waals surface area contributed by atoms with Crippen molar-refractivity contribution < 1.29 is 8.91 Å². The molecule has 7 heteroatoms. The minimum Gasteiger partial charge on any atom is -0.334 e. The van der Waals surface area contributed by atoms with Gasteiger partial charge in [0.2, 0.25) is 5.82 Å². The zero-order valence-corrected chi connectivity index (χ0v) is 15.8. The number of rotatable bonds is 3. The molecule has 3 aromatic heterocycles. The zero-order chi connectivity index (χ0) is 19.1. The summed E-state index contributed by atoms with van der Waals surface area (Å²) in [6.07, 6.45) is 1.76. The Morgan fingerprint density at radius 2 is 1.68 bits per heavy atom. The second kappa shape index (κ2) is 6.82. The van der Waals surface area contributed by atoms with E-state index >= 15 is 0 Å². The van der Waals surface area contributed by atoms with Crippen molar-refractivity contribution in [3.05, 3.63) is 77.7 Å². The summed E-state index contributed by atoms with van der Waals surface area (Å²) in [6.45, 7) is 0. The van der Waals surface area contributed by atoms with Gasteiger partial charge < -0.3 is 4.52 Å². The Kier molecular flexibility index (Phi) is 4.15. The number of benzene rings is 2. The standard InChI is InChI=1S/C21H11ClFN3OS/c22-14-7-3-12(4-8-14)17-16-2-1-11-24-21(16)28-18(17)19-25-20(27-26-19)13-5-9-15(23)10-6-13/h1-11H. The number of halogens is 2. The smallest absolute Gasteiger partial charge is 0.258 e. The first kappa shape index (κ1) is 17.0. The van der Waals surface area contributed by atoms with Crippen LogP contribution < -0.4 is 0 Å². The van der Waals surface area contributed by atoms with Crippen LogP contribution in [0.1, 0.15) is 0 Å². The number of hydrogen-bond donors (Lipinski definition) is 0. The minimum atomic E-state index is -0.316. The van der Waals surface area contributed by atoms with Gasteiger partial charge in [0.15, 0.2) is 0 Å². The highest BCUT2D eigenvalue weighted by molar-refractivity contribution is 7.22. The molecule has 0 aliphatic carbocycles. The molecule has 0 amide bonds. The molecule has 5 aromatic rings. The van der Waals surface area contributed by atoms with Crippen LogP contribution in [-0.2, 0) is 0 Å². The molecular weight excluding hydrogens is 397 g/mol. The van der Waals surface area contributed by atoms with Crippen molar-refractivity contribution in [2.75, 3.05) is 0 Å². The van der Waals surface area contributed by atoms with E-state index in [-0.39, 0.29) is 5.82 Å². The van der Waals surface area contributed by atoms with Crippen LogP contribution in [0.4, 0.5) is 4.39 Å². The van der Waals surface area contributed by atoms with E-state index in [9.17, 15) is 4.39 Å². The van der Waals surface area contributed by atoms with E-state index < -0.39 is 0 Å². The summed E-state index contributed by atoms with van der Waals surface area (Å²) in [5.41, 5.74) is 2.63. The van der Waals surface area contributed by atoms with Gasteiger partial charge in [-0.25, -0.2) is 9.37 Å². The van der Waals surface area contributed by atoms with Gasteiger partial charge in [0.1, 0.15) is 10.6 Å². The fraction of sp³-hybridized carbons (Fsp3) is 0. The quantitative estimate of drug-likeness (QED) is 0.344. The lowest BCUT2D eigenvalue weighted by molar-refractivity contribution is 0.432. The Labute approximate surface area is 168 Å². The van der Waals surface area contributed by atoms with Crippen molar-refractivity contribution in [3.8, 4) is 33.3 Å². The first-order chi connectivity index (χ1) is 13.7. The lowest BCUT2D eigenvalue weighted by Gasteiger charge is -2.03. The third-order valence-corrected chi connectivity index (χ3v) is 5.68. The third-order valence-electron chi connectivity index (χ3n) is 4.32. The van der Waals surface area contributed by atoms with Gasteiger partial charge in [0.05, 0.1) is 4.88 Å². The van der Waals surface area contributed by atoms with Gasteiger partial charge in [-0.3, -0.25) is 0 Å². The summed E-state index contributed by atoms with van der Waals surface area (Å²) in [5, 5.41) is 5.84. The lowest BCUT2D eigenvalue weighted by Crippen LogP contribution is -1.83. The second-order valence-corrected chi connectivity index (χ2v) is 7.53. The molecule has 0 spiro atoms. The van der Waals surface area contributed by atoms with Crippen LogP contribution in [0.5, 0.6) is 0 Å². The van der Waals surface area contributed by atoms with Crippen LogP contribution >= 0.6 is 22.9 Å². The molecule has 0 radical (unpaired) electrons. The molecule has 0 aliphatic heterocycles. The van der Waals surface area contributed by atoms with Crippen LogP contribution in [-0.4, -0.2) is 15.1 Å². The number of thiophene rings is 1. The number of hydrogen-bond acceptors (Lipinski definition) is 5. The first-order valence-electron chi connectivity index (χ1n) is 8.42. The Bertz CT molecular complexity index is 1280. The van der Waals surface area contributed by atoms with Crippen LogP contribution in [0.2, 0.25) is 5.02 Å². The molecular formula is C21H11ClFN3OS. The molecule has 0 aliphatic rings. The summed E-state index contributed by atoms with van der Waals surface area (Å²) in [4.78, 5) is 10.7. The van der Waals surface area contributed by atoms with Crippen molar-refractivity contribution in [1.29, 1.82) is 0 Å². The maximum absolute atomic E-state index is 13.2. The first-order valence-corrected chi connectivity index (χ1v) is 9.62. The van der Waals surface area contributed by atoms with Crippen molar-refractivity contribution in [2.24, 2.45) is 0 Å². The number of pyridine rings is 1. The normalized spacial score (nSPS) is 11.2. The van der Waals surface area contributed by atoms with Gasteiger partial charge in [-0.05, 0) is 54.1 Å². The lowest BCUT2D eigenvalue weighted by atomic mass is 10.0. The van der Waals surface area contributed by atoms with Gasteiger partial charge in [-0.1, -0.05) is 28.9 Å².